The number of nitrogen functional groups attached to an aromatic ring is 1. The largest absolute Gasteiger partial charge is 0.450 e. The number of nitro benzene ring substituents is 1. The lowest BCUT2D eigenvalue weighted by Crippen LogP contribution is -2.10. The van der Waals surface area contributed by atoms with Crippen LogP contribution in [0.3, 0.4) is 0 Å². The number of hydrogen-bond acceptors (Lipinski definition) is 4. The summed E-state index contributed by atoms with van der Waals surface area (Å²) in [5, 5.41) is 18.5. The summed E-state index contributed by atoms with van der Waals surface area (Å²) in [6, 6.07) is 8.64. The average molecular weight is 326 g/mol. The van der Waals surface area contributed by atoms with Gasteiger partial charge in [-0.05, 0) is 24.3 Å². The summed E-state index contributed by atoms with van der Waals surface area (Å²) in [6.07, 6.45) is 0. The molecular formula is C13H9Cl2N3O3. The maximum Gasteiger partial charge on any atom is 0.313 e. The van der Waals surface area contributed by atoms with Crippen molar-refractivity contribution in [3.05, 3.63) is 62.1 Å². The molecule has 21 heavy (non-hydrogen) atoms. The van der Waals surface area contributed by atoms with Gasteiger partial charge in [0.05, 0.1) is 15.0 Å². The van der Waals surface area contributed by atoms with Gasteiger partial charge in [-0.2, -0.15) is 0 Å². The lowest BCUT2D eigenvalue weighted by atomic mass is 10.2. The molecule has 0 saturated heterocycles. The van der Waals surface area contributed by atoms with E-state index in [4.69, 9.17) is 39.1 Å². The molecule has 6 nitrogen and oxygen atoms in total. The van der Waals surface area contributed by atoms with Gasteiger partial charge in [0.15, 0.2) is 0 Å². The smallest absolute Gasteiger partial charge is 0.313 e. The van der Waals surface area contributed by atoms with Crippen LogP contribution < -0.4 is 10.5 Å². The molecule has 0 bridgehead atoms. The third-order valence-corrected chi connectivity index (χ3v) is 3.31. The van der Waals surface area contributed by atoms with Gasteiger partial charge in [0.2, 0.25) is 5.75 Å². The first-order chi connectivity index (χ1) is 9.88. The number of nitrogens with two attached hydrogens (primary N) is 1. The second-order valence-corrected chi connectivity index (χ2v) is 4.85. The minimum absolute atomic E-state index is 0.0232. The molecule has 0 aromatic heterocycles. The number of nitro groups is 1. The zero-order chi connectivity index (χ0) is 15.6. The van der Waals surface area contributed by atoms with Crippen molar-refractivity contribution in [2.24, 2.45) is 5.73 Å². The maximum atomic E-state index is 11.0. The number of hydrogen-bond donors (Lipinski definition) is 2. The van der Waals surface area contributed by atoms with Gasteiger partial charge < -0.3 is 10.5 Å². The Labute approximate surface area is 129 Å². The highest BCUT2D eigenvalue weighted by molar-refractivity contribution is 6.42. The molecule has 3 N–H and O–H groups in total. The van der Waals surface area contributed by atoms with E-state index in [2.05, 4.69) is 0 Å². The van der Waals surface area contributed by atoms with Crippen molar-refractivity contribution in [1.29, 1.82) is 5.41 Å². The molecule has 8 heteroatoms. The van der Waals surface area contributed by atoms with Crippen molar-refractivity contribution < 1.29 is 9.66 Å². The first kappa shape index (κ1) is 15.1. The molecule has 0 atom stereocenters. The monoisotopic (exact) mass is 325 g/mol. The van der Waals surface area contributed by atoms with Gasteiger partial charge in [-0.3, -0.25) is 15.5 Å². The normalized spacial score (nSPS) is 10.2. The van der Waals surface area contributed by atoms with E-state index in [1.54, 1.807) is 24.3 Å². The van der Waals surface area contributed by atoms with Crippen LogP contribution in [-0.4, -0.2) is 10.8 Å². The van der Waals surface area contributed by atoms with Crippen LogP contribution in [0.1, 0.15) is 5.56 Å². The van der Waals surface area contributed by atoms with E-state index in [0.29, 0.717) is 11.3 Å². The summed E-state index contributed by atoms with van der Waals surface area (Å²) < 4.78 is 5.45. The Bertz CT molecular complexity index is 717. The summed E-state index contributed by atoms with van der Waals surface area (Å²) in [6.45, 7) is 0. The Morgan fingerprint density at radius 3 is 2.29 bits per heavy atom. The molecule has 2 rings (SSSR count). The molecule has 2 aromatic rings. The first-order valence-electron chi connectivity index (χ1n) is 5.64. The van der Waals surface area contributed by atoms with E-state index in [1.807, 2.05) is 0 Å². The fourth-order valence-electron chi connectivity index (χ4n) is 1.57. The first-order valence-corrected chi connectivity index (χ1v) is 6.40. The minimum atomic E-state index is -0.610. The lowest BCUT2D eigenvalue weighted by Gasteiger charge is -2.08. The lowest BCUT2D eigenvalue weighted by molar-refractivity contribution is -0.385. The molecular weight excluding hydrogens is 317 g/mol. The van der Waals surface area contributed by atoms with E-state index in [9.17, 15) is 10.1 Å². The van der Waals surface area contributed by atoms with Crippen LogP contribution in [0.25, 0.3) is 0 Å². The van der Waals surface area contributed by atoms with Gasteiger partial charge in [0.25, 0.3) is 0 Å². The van der Waals surface area contributed by atoms with E-state index in [-0.39, 0.29) is 27.3 Å². The zero-order valence-electron chi connectivity index (χ0n) is 10.5. The van der Waals surface area contributed by atoms with Crippen molar-refractivity contribution >= 4 is 34.7 Å². The predicted molar refractivity (Wildman–Crippen MR) is 80.6 cm³/mol. The molecule has 0 fully saturated rings. The molecule has 2 aromatic carbocycles. The molecule has 0 aliphatic carbocycles. The third-order valence-electron chi connectivity index (χ3n) is 2.59. The van der Waals surface area contributed by atoms with Gasteiger partial charge in [0, 0.05) is 17.7 Å². The van der Waals surface area contributed by atoms with Crippen molar-refractivity contribution in [2.75, 3.05) is 0 Å². The van der Waals surface area contributed by atoms with Crippen LogP contribution in [0.15, 0.2) is 36.4 Å². The molecule has 0 spiro atoms. The van der Waals surface area contributed by atoms with Crippen LogP contribution in [-0.2, 0) is 0 Å². The molecule has 0 aliphatic rings. The van der Waals surface area contributed by atoms with Gasteiger partial charge in [0.1, 0.15) is 11.6 Å². The van der Waals surface area contributed by atoms with E-state index in [0.717, 1.165) is 6.07 Å². The number of amidine groups is 1. The molecule has 108 valence electrons. The van der Waals surface area contributed by atoms with Crippen molar-refractivity contribution in [2.45, 2.75) is 0 Å². The van der Waals surface area contributed by atoms with Crippen LogP contribution in [0.4, 0.5) is 5.69 Å². The Morgan fingerprint density at radius 2 is 1.76 bits per heavy atom. The van der Waals surface area contributed by atoms with Crippen molar-refractivity contribution in [3.8, 4) is 11.5 Å². The van der Waals surface area contributed by atoms with Crippen molar-refractivity contribution in [1.82, 2.24) is 0 Å². The standard InChI is InChI=1S/C13H9Cl2N3O3/c14-9-5-11(18(19)20)12(6-10(9)15)21-8-3-1-7(2-4-8)13(16)17/h1-6H,(H3,16,17). The molecule has 0 heterocycles. The number of ether oxygens (including phenoxy) is 1. The number of nitrogens with one attached hydrogen (secondary N) is 1. The molecule has 0 saturated carbocycles. The maximum absolute atomic E-state index is 11.0. The van der Waals surface area contributed by atoms with E-state index in [1.165, 1.54) is 6.07 Å². The van der Waals surface area contributed by atoms with Crippen LogP contribution in [0.2, 0.25) is 10.0 Å². The Balaban J connectivity index is 2.36. The van der Waals surface area contributed by atoms with Crippen LogP contribution >= 0.6 is 23.2 Å². The van der Waals surface area contributed by atoms with Gasteiger partial charge in [-0.15, -0.1) is 0 Å². The third kappa shape index (κ3) is 3.42. The number of halogens is 2. The quantitative estimate of drug-likeness (QED) is 0.384. The van der Waals surface area contributed by atoms with Crippen LogP contribution in [0, 0.1) is 15.5 Å². The van der Waals surface area contributed by atoms with Crippen LogP contribution in [0.5, 0.6) is 11.5 Å². The van der Waals surface area contributed by atoms with Gasteiger partial charge in [-0.1, -0.05) is 23.2 Å². The summed E-state index contributed by atoms with van der Waals surface area (Å²) in [5.41, 5.74) is 5.57. The Kier molecular flexibility index (Phi) is 4.30. The highest BCUT2D eigenvalue weighted by Crippen LogP contribution is 2.38. The van der Waals surface area contributed by atoms with Gasteiger partial charge >= 0.3 is 5.69 Å². The fourth-order valence-corrected chi connectivity index (χ4v) is 1.88. The van der Waals surface area contributed by atoms with Crippen molar-refractivity contribution in [3.63, 3.8) is 0 Å². The van der Waals surface area contributed by atoms with E-state index >= 15 is 0 Å². The average Bonchev–Trinajstić information content (AvgIpc) is 2.43. The highest BCUT2D eigenvalue weighted by atomic mass is 35.5. The fraction of sp³-hybridized carbons (Fsp3) is 0. The molecule has 0 amide bonds. The second kappa shape index (κ2) is 5.99. The number of nitrogens with zero attached hydrogens (tertiary/aromatic N) is 1. The summed E-state index contributed by atoms with van der Waals surface area (Å²) in [5.74, 6) is 0.244. The second-order valence-electron chi connectivity index (χ2n) is 4.03. The minimum Gasteiger partial charge on any atom is -0.450 e. The number of rotatable bonds is 4. The SMILES string of the molecule is N=C(N)c1ccc(Oc2cc(Cl)c(Cl)cc2[N+](=O)[O-])cc1. The summed E-state index contributed by atoms with van der Waals surface area (Å²) in [4.78, 5) is 10.4. The predicted octanol–water partition coefficient (Wildman–Crippen LogP) is 3.98. The molecule has 0 aliphatic heterocycles. The Morgan fingerprint density at radius 1 is 1.19 bits per heavy atom. The van der Waals surface area contributed by atoms with Gasteiger partial charge in [-0.25, -0.2) is 0 Å². The zero-order valence-corrected chi connectivity index (χ0v) is 12.0. The summed E-state index contributed by atoms with van der Waals surface area (Å²) in [7, 11) is 0. The number of benzene rings is 2. The topological polar surface area (TPSA) is 102 Å². The highest BCUT2D eigenvalue weighted by Gasteiger charge is 2.19. The Hall–Kier alpha value is -2.31. The summed E-state index contributed by atoms with van der Waals surface area (Å²) >= 11 is 11.6. The molecule has 0 radical (unpaired) electrons. The molecule has 0 unspecified atom stereocenters. The van der Waals surface area contributed by atoms with E-state index < -0.39 is 4.92 Å².